The second kappa shape index (κ2) is 4.72. The van der Waals surface area contributed by atoms with Crippen LogP contribution in [0.5, 0.6) is 0 Å². The Balaban J connectivity index is 4.50. The summed E-state index contributed by atoms with van der Waals surface area (Å²) in [6.07, 6.45) is -4.81. The van der Waals surface area contributed by atoms with E-state index in [4.69, 9.17) is 0 Å². The summed E-state index contributed by atoms with van der Waals surface area (Å²) in [6.45, 7) is 2.37. The van der Waals surface area contributed by atoms with E-state index in [0.29, 0.717) is 0 Å². The van der Waals surface area contributed by atoms with Crippen molar-refractivity contribution in [2.24, 2.45) is 0 Å². The molecule has 6 heteroatoms. The number of allylic oxidation sites excluding steroid dienone is 1. The molecule has 0 saturated carbocycles. The van der Waals surface area contributed by atoms with Crippen LogP contribution in [0.25, 0.3) is 0 Å². The summed E-state index contributed by atoms with van der Waals surface area (Å²) in [5, 5.41) is 0. The highest BCUT2D eigenvalue weighted by Gasteiger charge is 2.58. The van der Waals surface area contributed by atoms with E-state index in [9.17, 15) is 22.0 Å². The molecule has 0 atom stereocenters. The van der Waals surface area contributed by atoms with Gasteiger partial charge in [-0.25, -0.2) is 0 Å². The van der Waals surface area contributed by atoms with Gasteiger partial charge in [0.1, 0.15) is 0 Å². The molecule has 0 fully saturated rings. The van der Waals surface area contributed by atoms with E-state index in [1.165, 1.54) is 0 Å². The van der Waals surface area contributed by atoms with E-state index in [1.54, 1.807) is 6.92 Å². The largest absolute Gasteiger partial charge is 0.457 e. The summed E-state index contributed by atoms with van der Waals surface area (Å²) in [6, 6.07) is 0. The SMILES string of the molecule is CCOC/C=C(\C)C(F)(F)C(F)(F)F. The highest BCUT2D eigenvalue weighted by Crippen LogP contribution is 2.40. The van der Waals surface area contributed by atoms with Gasteiger partial charge in [-0.1, -0.05) is 6.08 Å². The molecular weight excluding hydrogens is 207 g/mol. The Morgan fingerprint density at radius 1 is 1.21 bits per heavy atom. The minimum atomic E-state index is -5.54. The molecule has 0 heterocycles. The molecule has 0 bridgehead atoms. The molecule has 0 aliphatic rings. The Hall–Kier alpha value is -0.650. The van der Waals surface area contributed by atoms with Crippen LogP contribution < -0.4 is 0 Å². The van der Waals surface area contributed by atoms with Crippen molar-refractivity contribution in [2.45, 2.75) is 25.9 Å². The Labute approximate surface area is 78.5 Å². The number of ether oxygens (including phenoxy) is 1. The highest BCUT2D eigenvalue weighted by molar-refractivity contribution is 5.12. The van der Waals surface area contributed by atoms with Crippen molar-refractivity contribution in [1.29, 1.82) is 0 Å². The molecular formula is C8H11F5O. The molecule has 14 heavy (non-hydrogen) atoms. The predicted octanol–water partition coefficient (Wildman–Crippen LogP) is 3.17. The van der Waals surface area contributed by atoms with E-state index >= 15 is 0 Å². The standard InChI is InChI=1S/C8H11F5O/c1-3-14-5-4-6(2)7(9,10)8(11,12)13/h4H,3,5H2,1-2H3/b6-4+. The maximum absolute atomic E-state index is 12.5. The van der Waals surface area contributed by atoms with Crippen LogP contribution >= 0.6 is 0 Å². The number of alkyl halides is 5. The molecule has 0 aliphatic carbocycles. The van der Waals surface area contributed by atoms with Gasteiger partial charge in [0.2, 0.25) is 0 Å². The van der Waals surface area contributed by atoms with Crippen LogP contribution in [0.15, 0.2) is 11.6 Å². The van der Waals surface area contributed by atoms with Crippen LogP contribution in [0.4, 0.5) is 22.0 Å². The summed E-state index contributed by atoms with van der Waals surface area (Å²) in [4.78, 5) is 0. The molecule has 0 saturated heterocycles. The lowest BCUT2D eigenvalue weighted by Gasteiger charge is -2.20. The lowest BCUT2D eigenvalue weighted by atomic mass is 10.1. The fourth-order valence-electron chi connectivity index (χ4n) is 0.654. The van der Waals surface area contributed by atoms with E-state index in [1.807, 2.05) is 0 Å². The zero-order chi connectivity index (χ0) is 11.4. The van der Waals surface area contributed by atoms with Gasteiger partial charge < -0.3 is 4.74 Å². The number of rotatable bonds is 4. The van der Waals surface area contributed by atoms with Crippen LogP contribution in [-0.4, -0.2) is 25.3 Å². The summed E-state index contributed by atoms with van der Waals surface area (Å²) in [5.74, 6) is -4.77. The van der Waals surface area contributed by atoms with Gasteiger partial charge in [0, 0.05) is 12.2 Å². The predicted molar refractivity (Wildman–Crippen MR) is 41.3 cm³/mol. The molecule has 0 radical (unpaired) electrons. The van der Waals surface area contributed by atoms with Gasteiger partial charge in [-0.05, 0) is 13.8 Å². The monoisotopic (exact) mass is 218 g/mol. The Morgan fingerprint density at radius 3 is 2.07 bits per heavy atom. The molecule has 0 amide bonds. The van der Waals surface area contributed by atoms with Gasteiger partial charge >= 0.3 is 12.1 Å². The molecule has 0 aromatic rings. The number of hydrogen-bond donors (Lipinski definition) is 0. The molecule has 0 spiro atoms. The van der Waals surface area contributed by atoms with Crippen molar-refractivity contribution in [3.8, 4) is 0 Å². The first-order chi connectivity index (χ1) is 6.23. The fourth-order valence-corrected chi connectivity index (χ4v) is 0.654. The van der Waals surface area contributed by atoms with Crippen molar-refractivity contribution in [3.05, 3.63) is 11.6 Å². The normalized spacial score (nSPS) is 14.6. The fraction of sp³-hybridized carbons (Fsp3) is 0.750. The van der Waals surface area contributed by atoms with Crippen LogP contribution in [0.3, 0.4) is 0 Å². The Bertz CT molecular complexity index is 206. The first kappa shape index (κ1) is 13.4. The molecule has 0 rings (SSSR count). The smallest absolute Gasteiger partial charge is 0.378 e. The highest BCUT2D eigenvalue weighted by atomic mass is 19.4. The minimum Gasteiger partial charge on any atom is -0.378 e. The second-order valence-electron chi connectivity index (χ2n) is 2.62. The lowest BCUT2D eigenvalue weighted by Crippen LogP contribution is -2.37. The van der Waals surface area contributed by atoms with Crippen molar-refractivity contribution in [1.82, 2.24) is 0 Å². The van der Waals surface area contributed by atoms with Crippen molar-refractivity contribution in [3.63, 3.8) is 0 Å². The quantitative estimate of drug-likeness (QED) is 0.400. The average molecular weight is 218 g/mol. The first-order valence-corrected chi connectivity index (χ1v) is 3.93. The zero-order valence-corrected chi connectivity index (χ0v) is 7.79. The minimum absolute atomic E-state index is 0.242. The van der Waals surface area contributed by atoms with Crippen LogP contribution in [0.1, 0.15) is 13.8 Å². The molecule has 0 aliphatic heterocycles. The van der Waals surface area contributed by atoms with Gasteiger partial charge in [-0.3, -0.25) is 0 Å². The average Bonchev–Trinajstić information content (AvgIpc) is 2.02. The summed E-state index contributed by atoms with van der Waals surface area (Å²) in [5.41, 5.74) is -1.04. The molecule has 0 N–H and O–H groups in total. The first-order valence-electron chi connectivity index (χ1n) is 3.93. The molecule has 0 unspecified atom stereocenters. The van der Waals surface area contributed by atoms with E-state index < -0.39 is 17.7 Å². The Morgan fingerprint density at radius 2 is 1.71 bits per heavy atom. The van der Waals surface area contributed by atoms with Crippen molar-refractivity contribution >= 4 is 0 Å². The van der Waals surface area contributed by atoms with Gasteiger partial charge in [0.15, 0.2) is 0 Å². The van der Waals surface area contributed by atoms with E-state index in [-0.39, 0.29) is 13.2 Å². The molecule has 0 aromatic heterocycles. The second-order valence-corrected chi connectivity index (χ2v) is 2.62. The molecule has 84 valence electrons. The summed E-state index contributed by atoms with van der Waals surface area (Å²) >= 11 is 0. The van der Waals surface area contributed by atoms with Crippen LogP contribution in [0, 0.1) is 0 Å². The van der Waals surface area contributed by atoms with Crippen molar-refractivity contribution < 1.29 is 26.7 Å². The third-order valence-corrected chi connectivity index (χ3v) is 1.56. The summed E-state index contributed by atoms with van der Waals surface area (Å²) < 4.78 is 64.9. The molecule has 1 nitrogen and oxygen atoms in total. The van der Waals surface area contributed by atoms with Crippen molar-refractivity contribution in [2.75, 3.05) is 13.2 Å². The Kier molecular flexibility index (Phi) is 4.51. The lowest BCUT2D eigenvalue weighted by molar-refractivity contribution is -0.264. The number of halogens is 5. The summed E-state index contributed by atoms with van der Waals surface area (Å²) in [7, 11) is 0. The van der Waals surface area contributed by atoms with Gasteiger partial charge in [0.25, 0.3) is 0 Å². The maximum atomic E-state index is 12.5. The van der Waals surface area contributed by atoms with E-state index in [0.717, 1.165) is 13.0 Å². The van der Waals surface area contributed by atoms with E-state index in [2.05, 4.69) is 4.74 Å². The van der Waals surface area contributed by atoms with Gasteiger partial charge in [-0.15, -0.1) is 0 Å². The molecule has 0 aromatic carbocycles. The van der Waals surface area contributed by atoms with Crippen LogP contribution in [0.2, 0.25) is 0 Å². The van der Waals surface area contributed by atoms with Gasteiger partial charge in [0.05, 0.1) is 6.61 Å². The van der Waals surface area contributed by atoms with Gasteiger partial charge in [-0.2, -0.15) is 22.0 Å². The third-order valence-electron chi connectivity index (χ3n) is 1.56. The maximum Gasteiger partial charge on any atom is 0.457 e. The zero-order valence-electron chi connectivity index (χ0n) is 7.79. The van der Waals surface area contributed by atoms with Crippen LogP contribution in [-0.2, 0) is 4.74 Å². The third kappa shape index (κ3) is 3.25. The number of hydrogen-bond acceptors (Lipinski definition) is 1. The topological polar surface area (TPSA) is 9.23 Å².